The highest BCUT2D eigenvalue weighted by Crippen LogP contribution is 2.21. The molecule has 19 heavy (non-hydrogen) atoms. The van der Waals surface area contributed by atoms with Gasteiger partial charge >= 0.3 is 6.03 Å². The van der Waals surface area contributed by atoms with Crippen molar-refractivity contribution in [2.45, 2.75) is 20.3 Å². The molecule has 5 nitrogen and oxygen atoms in total. The van der Waals surface area contributed by atoms with Crippen LogP contribution in [0.5, 0.6) is 0 Å². The number of rotatable bonds is 4. The van der Waals surface area contributed by atoms with Crippen molar-refractivity contribution in [3.63, 3.8) is 0 Å². The van der Waals surface area contributed by atoms with E-state index in [0.29, 0.717) is 6.54 Å². The minimum absolute atomic E-state index is 0.175. The molecule has 2 amide bonds. The van der Waals surface area contributed by atoms with Gasteiger partial charge in [0, 0.05) is 23.5 Å². The molecule has 0 unspecified atom stereocenters. The maximum atomic E-state index is 11.5. The minimum atomic E-state index is -0.175. The van der Waals surface area contributed by atoms with Crippen molar-refractivity contribution in [1.29, 1.82) is 0 Å². The maximum Gasteiger partial charge on any atom is 0.319 e. The van der Waals surface area contributed by atoms with Gasteiger partial charge < -0.3 is 15.6 Å². The number of imidazole rings is 1. The molecule has 1 aromatic heterocycles. The van der Waals surface area contributed by atoms with Crippen LogP contribution in [0.2, 0.25) is 0 Å². The molecular formula is C14H18N4O. The normalized spacial score (nSPS) is 10.2. The van der Waals surface area contributed by atoms with E-state index in [0.717, 1.165) is 29.1 Å². The smallest absolute Gasteiger partial charge is 0.319 e. The van der Waals surface area contributed by atoms with Crippen molar-refractivity contribution in [3.8, 4) is 11.3 Å². The van der Waals surface area contributed by atoms with Gasteiger partial charge in [-0.3, -0.25) is 0 Å². The van der Waals surface area contributed by atoms with Crippen LogP contribution < -0.4 is 10.6 Å². The lowest BCUT2D eigenvalue weighted by molar-refractivity contribution is 0.252. The molecule has 5 heteroatoms. The number of urea groups is 1. The fourth-order valence-electron chi connectivity index (χ4n) is 1.78. The molecule has 0 saturated carbocycles. The van der Waals surface area contributed by atoms with E-state index in [-0.39, 0.29) is 6.03 Å². The lowest BCUT2D eigenvalue weighted by Gasteiger charge is -2.07. The molecule has 100 valence electrons. The molecule has 0 radical (unpaired) electrons. The molecular weight excluding hydrogens is 240 g/mol. The Morgan fingerprint density at radius 3 is 2.63 bits per heavy atom. The molecule has 0 atom stereocenters. The monoisotopic (exact) mass is 258 g/mol. The van der Waals surface area contributed by atoms with Crippen LogP contribution in [0, 0.1) is 6.92 Å². The molecule has 0 aliphatic rings. The van der Waals surface area contributed by atoms with Gasteiger partial charge in [0.25, 0.3) is 0 Å². The summed E-state index contributed by atoms with van der Waals surface area (Å²) in [5, 5.41) is 5.55. The molecule has 0 aliphatic carbocycles. The van der Waals surface area contributed by atoms with Gasteiger partial charge in [-0.15, -0.1) is 0 Å². The van der Waals surface area contributed by atoms with Gasteiger partial charge in [-0.2, -0.15) is 0 Å². The van der Waals surface area contributed by atoms with E-state index in [9.17, 15) is 4.79 Å². The molecule has 0 saturated heterocycles. The SMILES string of the molecule is CCCNC(=O)Nc1ccc(-c2nc[nH]c2C)cc1. The highest BCUT2D eigenvalue weighted by atomic mass is 16.2. The molecule has 3 N–H and O–H groups in total. The number of H-pyrrole nitrogens is 1. The van der Waals surface area contributed by atoms with Crippen LogP contribution in [0.3, 0.4) is 0 Å². The summed E-state index contributed by atoms with van der Waals surface area (Å²) in [6, 6.07) is 7.45. The number of nitrogens with zero attached hydrogens (tertiary/aromatic N) is 1. The average Bonchev–Trinajstić information content (AvgIpc) is 2.83. The molecule has 0 spiro atoms. The average molecular weight is 258 g/mol. The van der Waals surface area contributed by atoms with Crippen molar-refractivity contribution in [2.75, 3.05) is 11.9 Å². The topological polar surface area (TPSA) is 69.8 Å². The van der Waals surface area contributed by atoms with E-state index in [2.05, 4.69) is 20.6 Å². The van der Waals surface area contributed by atoms with E-state index >= 15 is 0 Å². The second-order valence-electron chi connectivity index (χ2n) is 4.33. The quantitative estimate of drug-likeness (QED) is 0.789. The van der Waals surface area contributed by atoms with E-state index < -0.39 is 0 Å². The molecule has 0 bridgehead atoms. The number of aryl methyl sites for hydroxylation is 1. The maximum absolute atomic E-state index is 11.5. The van der Waals surface area contributed by atoms with Gasteiger partial charge in [0.15, 0.2) is 0 Å². The summed E-state index contributed by atoms with van der Waals surface area (Å²) in [5.74, 6) is 0. The van der Waals surface area contributed by atoms with E-state index in [1.807, 2.05) is 38.1 Å². The zero-order valence-electron chi connectivity index (χ0n) is 11.2. The van der Waals surface area contributed by atoms with E-state index in [1.54, 1.807) is 6.33 Å². The number of benzene rings is 1. The zero-order chi connectivity index (χ0) is 13.7. The first-order valence-electron chi connectivity index (χ1n) is 6.36. The van der Waals surface area contributed by atoms with Crippen LogP contribution >= 0.6 is 0 Å². The lowest BCUT2D eigenvalue weighted by atomic mass is 10.1. The Bertz CT molecular complexity index is 545. The first-order valence-corrected chi connectivity index (χ1v) is 6.36. The Morgan fingerprint density at radius 1 is 1.32 bits per heavy atom. The lowest BCUT2D eigenvalue weighted by Crippen LogP contribution is -2.29. The highest BCUT2D eigenvalue weighted by Gasteiger charge is 2.05. The minimum Gasteiger partial charge on any atom is -0.348 e. The van der Waals surface area contributed by atoms with Crippen molar-refractivity contribution in [1.82, 2.24) is 15.3 Å². The molecule has 2 aromatic rings. The van der Waals surface area contributed by atoms with Crippen LogP contribution in [0.1, 0.15) is 19.0 Å². The first-order chi connectivity index (χ1) is 9.20. The van der Waals surface area contributed by atoms with Gasteiger partial charge in [0.05, 0.1) is 12.0 Å². The number of nitrogens with one attached hydrogen (secondary N) is 3. The zero-order valence-corrected chi connectivity index (χ0v) is 11.2. The fraction of sp³-hybridized carbons (Fsp3) is 0.286. The van der Waals surface area contributed by atoms with Crippen molar-refractivity contribution in [2.24, 2.45) is 0 Å². The summed E-state index contributed by atoms with van der Waals surface area (Å²) in [7, 11) is 0. The van der Waals surface area contributed by atoms with Crippen molar-refractivity contribution in [3.05, 3.63) is 36.3 Å². The Balaban J connectivity index is 2.03. The fourth-order valence-corrected chi connectivity index (χ4v) is 1.78. The van der Waals surface area contributed by atoms with Crippen LogP contribution in [0.15, 0.2) is 30.6 Å². The Labute approximate surface area is 112 Å². The summed E-state index contributed by atoms with van der Waals surface area (Å²) >= 11 is 0. The largest absolute Gasteiger partial charge is 0.348 e. The molecule has 0 fully saturated rings. The summed E-state index contributed by atoms with van der Waals surface area (Å²) in [6.07, 6.45) is 2.60. The number of aromatic amines is 1. The predicted octanol–water partition coefficient (Wildman–Crippen LogP) is 2.92. The van der Waals surface area contributed by atoms with Gasteiger partial charge in [0.2, 0.25) is 0 Å². The predicted molar refractivity (Wildman–Crippen MR) is 76.1 cm³/mol. The Kier molecular flexibility index (Phi) is 4.18. The molecule has 2 rings (SSSR count). The van der Waals surface area contributed by atoms with Gasteiger partial charge in [-0.25, -0.2) is 9.78 Å². The van der Waals surface area contributed by atoms with Crippen LogP contribution in [0.25, 0.3) is 11.3 Å². The van der Waals surface area contributed by atoms with E-state index in [4.69, 9.17) is 0 Å². The number of hydrogen-bond donors (Lipinski definition) is 3. The Morgan fingerprint density at radius 2 is 2.05 bits per heavy atom. The van der Waals surface area contributed by atoms with Gasteiger partial charge in [-0.1, -0.05) is 19.1 Å². The molecule has 1 aromatic carbocycles. The van der Waals surface area contributed by atoms with Gasteiger partial charge in [0.1, 0.15) is 0 Å². The van der Waals surface area contributed by atoms with Gasteiger partial charge in [-0.05, 0) is 25.5 Å². The van der Waals surface area contributed by atoms with Crippen molar-refractivity contribution >= 4 is 11.7 Å². The third-order valence-electron chi connectivity index (χ3n) is 2.78. The third-order valence-corrected chi connectivity index (χ3v) is 2.78. The third kappa shape index (κ3) is 3.34. The standard InChI is InChI=1S/C14H18N4O/c1-3-8-15-14(19)18-12-6-4-11(5-7-12)13-10(2)16-9-17-13/h4-7,9H,3,8H2,1-2H3,(H,16,17)(H2,15,18,19). The Hall–Kier alpha value is -2.30. The highest BCUT2D eigenvalue weighted by molar-refractivity contribution is 5.89. The number of hydrogen-bond acceptors (Lipinski definition) is 2. The summed E-state index contributed by atoms with van der Waals surface area (Å²) < 4.78 is 0. The van der Waals surface area contributed by atoms with Crippen LogP contribution in [0.4, 0.5) is 10.5 Å². The summed E-state index contributed by atoms with van der Waals surface area (Å²) in [6.45, 7) is 4.67. The summed E-state index contributed by atoms with van der Waals surface area (Å²) in [5.41, 5.74) is 3.76. The van der Waals surface area contributed by atoms with Crippen molar-refractivity contribution < 1.29 is 4.79 Å². The second kappa shape index (κ2) is 6.04. The first kappa shape index (κ1) is 13.1. The summed E-state index contributed by atoms with van der Waals surface area (Å²) in [4.78, 5) is 18.8. The van der Waals surface area contributed by atoms with Crippen LogP contribution in [-0.2, 0) is 0 Å². The molecule has 0 aliphatic heterocycles. The number of amides is 2. The van der Waals surface area contributed by atoms with Crippen LogP contribution in [-0.4, -0.2) is 22.5 Å². The molecule has 1 heterocycles. The number of anilines is 1. The number of carbonyl (C=O) groups excluding carboxylic acids is 1. The number of aromatic nitrogens is 2. The second-order valence-corrected chi connectivity index (χ2v) is 4.33. The number of carbonyl (C=O) groups is 1. The van der Waals surface area contributed by atoms with E-state index in [1.165, 1.54) is 0 Å².